The average molecular weight is 653 g/mol. The van der Waals surface area contributed by atoms with Crippen LogP contribution in [0.4, 0.5) is 34.1 Å². The molecule has 9 rings (SSSR count). The van der Waals surface area contributed by atoms with Crippen LogP contribution in [0.15, 0.2) is 200 Å². The second kappa shape index (κ2) is 13.0. The van der Waals surface area contributed by atoms with Crippen molar-refractivity contribution in [3.8, 4) is 11.1 Å². The van der Waals surface area contributed by atoms with Gasteiger partial charge in [-0.2, -0.15) is 0 Å². The molecule has 0 fully saturated rings. The van der Waals surface area contributed by atoms with E-state index in [2.05, 4.69) is 217 Å². The smallest absolute Gasteiger partial charge is 0.0468 e. The molecule has 9 aromatic carbocycles. The van der Waals surface area contributed by atoms with E-state index in [1.54, 1.807) is 0 Å². The topological polar surface area (TPSA) is 6.48 Å². The molecular formula is C49H36N2. The summed E-state index contributed by atoms with van der Waals surface area (Å²) in [6, 6.07) is 72.5. The summed E-state index contributed by atoms with van der Waals surface area (Å²) in [5.41, 5.74) is 10.3. The van der Waals surface area contributed by atoms with Crippen molar-refractivity contribution >= 4 is 66.4 Å². The lowest BCUT2D eigenvalue weighted by molar-refractivity contribution is 1.26. The van der Waals surface area contributed by atoms with Crippen LogP contribution in [0.5, 0.6) is 0 Å². The molecule has 0 aromatic heterocycles. The van der Waals surface area contributed by atoms with Gasteiger partial charge in [-0.25, -0.2) is 0 Å². The monoisotopic (exact) mass is 652 g/mol. The molecule has 0 bridgehead atoms. The van der Waals surface area contributed by atoms with Crippen molar-refractivity contribution in [1.29, 1.82) is 0 Å². The van der Waals surface area contributed by atoms with Crippen LogP contribution in [0.3, 0.4) is 0 Å². The Morgan fingerprint density at radius 2 is 0.529 bits per heavy atom. The number of nitrogens with zero attached hydrogens (tertiary/aromatic N) is 2. The van der Waals surface area contributed by atoms with E-state index in [1.165, 1.54) is 49.0 Å². The third-order valence-corrected chi connectivity index (χ3v) is 9.85. The maximum absolute atomic E-state index is 2.36. The highest BCUT2D eigenvalue weighted by Gasteiger charge is 2.17. The van der Waals surface area contributed by atoms with E-state index < -0.39 is 0 Å². The van der Waals surface area contributed by atoms with Crippen LogP contribution in [-0.4, -0.2) is 0 Å². The molecule has 0 unspecified atom stereocenters. The molecule has 0 aliphatic carbocycles. The van der Waals surface area contributed by atoms with E-state index in [9.17, 15) is 0 Å². The van der Waals surface area contributed by atoms with E-state index in [4.69, 9.17) is 0 Å². The van der Waals surface area contributed by atoms with Crippen LogP contribution in [0.25, 0.3) is 43.4 Å². The van der Waals surface area contributed by atoms with Crippen molar-refractivity contribution < 1.29 is 0 Å². The Hall–Kier alpha value is -6.64. The number of fused-ring (bicyclic) bond motifs is 3. The molecule has 0 heterocycles. The van der Waals surface area contributed by atoms with E-state index in [-0.39, 0.29) is 0 Å². The summed E-state index contributed by atoms with van der Waals surface area (Å²) in [7, 11) is 0. The summed E-state index contributed by atoms with van der Waals surface area (Å²) in [5, 5.41) is 7.34. The lowest BCUT2D eigenvalue weighted by Crippen LogP contribution is -2.12. The van der Waals surface area contributed by atoms with Crippen LogP contribution in [-0.2, 0) is 0 Å². The van der Waals surface area contributed by atoms with E-state index in [0.717, 1.165) is 34.1 Å². The summed E-state index contributed by atoms with van der Waals surface area (Å²) in [6.07, 6.45) is 0. The molecule has 0 aliphatic heterocycles. The maximum Gasteiger partial charge on any atom is 0.0468 e. The zero-order chi connectivity index (χ0) is 34.1. The zero-order valence-electron chi connectivity index (χ0n) is 28.4. The molecular weight excluding hydrogens is 617 g/mol. The third-order valence-electron chi connectivity index (χ3n) is 9.85. The van der Waals surface area contributed by atoms with Crippen LogP contribution in [0.1, 0.15) is 5.56 Å². The first-order valence-corrected chi connectivity index (χ1v) is 17.5. The molecule has 0 saturated carbocycles. The van der Waals surface area contributed by atoms with Gasteiger partial charge >= 0.3 is 0 Å². The van der Waals surface area contributed by atoms with Crippen molar-refractivity contribution in [2.45, 2.75) is 6.92 Å². The third kappa shape index (κ3) is 5.98. The molecule has 51 heavy (non-hydrogen) atoms. The largest absolute Gasteiger partial charge is 0.310 e. The summed E-state index contributed by atoms with van der Waals surface area (Å²) in [5.74, 6) is 0. The summed E-state index contributed by atoms with van der Waals surface area (Å²) < 4.78 is 0. The van der Waals surface area contributed by atoms with Crippen LogP contribution < -0.4 is 9.80 Å². The Kier molecular flexibility index (Phi) is 7.75. The van der Waals surface area contributed by atoms with Gasteiger partial charge in [0, 0.05) is 34.1 Å². The SMILES string of the molecule is Cc1ccc(-c2ccc(N(c3ccc(N(c4ccc5ccccc5c4)c4ccc5ccccc5c4)cc3)c3ccc4ccccc4c3)cc2)cc1. The van der Waals surface area contributed by atoms with Gasteiger partial charge < -0.3 is 9.80 Å². The molecule has 0 atom stereocenters. The Morgan fingerprint density at radius 3 is 0.902 bits per heavy atom. The molecule has 0 aliphatic rings. The minimum atomic E-state index is 1.09. The highest BCUT2D eigenvalue weighted by atomic mass is 15.2. The normalized spacial score (nSPS) is 11.2. The fourth-order valence-electron chi connectivity index (χ4n) is 7.14. The minimum absolute atomic E-state index is 1.09. The molecule has 0 saturated heterocycles. The molecule has 0 N–H and O–H groups in total. The number of hydrogen-bond donors (Lipinski definition) is 0. The highest BCUT2D eigenvalue weighted by Crippen LogP contribution is 2.41. The minimum Gasteiger partial charge on any atom is -0.310 e. The fraction of sp³-hybridized carbons (Fsp3) is 0.0204. The molecule has 242 valence electrons. The van der Waals surface area contributed by atoms with Gasteiger partial charge in [0.25, 0.3) is 0 Å². The first-order chi connectivity index (χ1) is 25.2. The van der Waals surface area contributed by atoms with E-state index in [1.807, 2.05) is 0 Å². The lowest BCUT2D eigenvalue weighted by atomic mass is 10.0. The van der Waals surface area contributed by atoms with Gasteiger partial charge in [0.1, 0.15) is 0 Å². The maximum atomic E-state index is 2.36. The Morgan fingerprint density at radius 1 is 0.255 bits per heavy atom. The standard InChI is InChI=1S/C49H36N2/c1-35-14-16-39(17-15-35)40-18-23-44(24-19-40)50(47-25-20-36-8-2-5-11-41(36)32-47)45-28-30-46(31-29-45)51(48-26-21-37-9-3-6-12-42(37)33-48)49-27-22-38-10-4-7-13-43(38)34-49/h2-34H,1H3. The molecule has 0 amide bonds. The molecule has 2 heteroatoms. The van der Waals surface area contributed by atoms with E-state index in [0.29, 0.717) is 0 Å². The lowest BCUT2D eigenvalue weighted by Gasteiger charge is -2.29. The first-order valence-electron chi connectivity index (χ1n) is 17.5. The molecule has 2 nitrogen and oxygen atoms in total. The second-order valence-electron chi connectivity index (χ2n) is 13.2. The Balaban J connectivity index is 1.15. The van der Waals surface area contributed by atoms with Crippen molar-refractivity contribution in [2.75, 3.05) is 9.80 Å². The fourth-order valence-corrected chi connectivity index (χ4v) is 7.14. The van der Waals surface area contributed by atoms with Gasteiger partial charge in [0.05, 0.1) is 0 Å². The number of anilines is 6. The molecule has 0 spiro atoms. The van der Waals surface area contributed by atoms with Gasteiger partial charge in [-0.3, -0.25) is 0 Å². The van der Waals surface area contributed by atoms with Gasteiger partial charge in [0.2, 0.25) is 0 Å². The van der Waals surface area contributed by atoms with Crippen molar-refractivity contribution in [3.05, 3.63) is 206 Å². The number of aryl methyl sites for hydroxylation is 1. The predicted molar refractivity (Wildman–Crippen MR) is 218 cm³/mol. The van der Waals surface area contributed by atoms with Gasteiger partial charge in [-0.1, -0.05) is 133 Å². The zero-order valence-corrected chi connectivity index (χ0v) is 28.4. The van der Waals surface area contributed by atoms with E-state index >= 15 is 0 Å². The average Bonchev–Trinajstić information content (AvgIpc) is 3.19. The number of benzene rings is 9. The molecule has 0 radical (unpaired) electrons. The Labute approximate surface area is 299 Å². The van der Waals surface area contributed by atoms with Crippen molar-refractivity contribution in [3.63, 3.8) is 0 Å². The first kappa shape index (κ1) is 30.4. The summed E-state index contributed by atoms with van der Waals surface area (Å²) >= 11 is 0. The van der Waals surface area contributed by atoms with Gasteiger partial charge in [0.15, 0.2) is 0 Å². The van der Waals surface area contributed by atoms with Crippen LogP contribution in [0, 0.1) is 6.92 Å². The Bertz CT molecular complexity index is 2560. The molecule has 9 aromatic rings. The summed E-state index contributed by atoms with van der Waals surface area (Å²) in [4.78, 5) is 4.71. The predicted octanol–water partition coefficient (Wildman–Crippen LogP) is 14.1. The van der Waals surface area contributed by atoms with Crippen molar-refractivity contribution in [1.82, 2.24) is 0 Å². The van der Waals surface area contributed by atoms with Gasteiger partial charge in [-0.15, -0.1) is 0 Å². The summed E-state index contributed by atoms with van der Waals surface area (Å²) in [6.45, 7) is 2.13. The highest BCUT2D eigenvalue weighted by molar-refractivity contribution is 5.93. The second-order valence-corrected chi connectivity index (χ2v) is 13.2. The van der Waals surface area contributed by atoms with Crippen molar-refractivity contribution in [2.24, 2.45) is 0 Å². The van der Waals surface area contributed by atoms with Gasteiger partial charge in [-0.05, 0) is 123 Å². The number of rotatable bonds is 7. The van der Waals surface area contributed by atoms with Crippen LogP contribution >= 0.6 is 0 Å². The quantitative estimate of drug-likeness (QED) is 0.169. The van der Waals surface area contributed by atoms with Crippen LogP contribution in [0.2, 0.25) is 0 Å². The number of hydrogen-bond acceptors (Lipinski definition) is 2.